The Labute approximate surface area is 108 Å². The summed E-state index contributed by atoms with van der Waals surface area (Å²) >= 11 is 0. The zero-order valence-corrected chi connectivity index (χ0v) is 10.7. The lowest BCUT2D eigenvalue weighted by atomic mass is 10.3. The average Bonchev–Trinajstić information content (AvgIpc) is 2.85. The molecule has 2 rings (SSSR count). The number of alkyl halides is 3. The molecule has 7 heteroatoms. The van der Waals surface area contributed by atoms with Gasteiger partial charge in [0, 0.05) is 39.1 Å². The summed E-state index contributed by atoms with van der Waals surface area (Å²) in [5.74, 6) is 0. The highest BCUT2D eigenvalue weighted by atomic mass is 19.4. The van der Waals surface area contributed by atoms with Gasteiger partial charge in [-0.2, -0.15) is 18.3 Å². The summed E-state index contributed by atoms with van der Waals surface area (Å²) in [6, 6.07) is 4.93. The molecule has 4 nitrogen and oxygen atoms in total. The van der Waals surface area contributed by atoms with Gasteiger partial charge in [-0.3, -0.25) is 4.68 Å². The van der Waals surface area contributed by atoms with Gasteiger partial charge in [-0.1, -0.05) is 0 Å². The number of halogens is 3. The normalized spacial score (nSPS) is 12.1. The summed E-state index contributed by atoms with van der Waals surface area (Å²) in [6.45, 7) is 0.885. The SMILES string of the molecule is Cn1cccc1CNCc1cc(C(F)(F)F)n(C)n1. The molecule has 0 aliphatic heterocycles. The Morgan fingerprint density at radius 1 is 1.26 bits per heavy atom. The molecule has 0 aromatic carbocycles. The molecule has 19 heavy (non-hydrogen) atoms. The van der Waals surface area contributed by atoms with Gasteiger partial charge in [0.2, 0.25) is 0 Å². The Hall–Kier alpha value is -1.76. The van der Waals surface area contributed by atoms with E-state index in [2.05, 4.69) is 10.4 Å². The molecule has 0 fully saturated rings. The van der Waals surface area contributed by atoms with E-state index < -0.39 is 11.9 Å². The minimum absolute atomic E-state index is 0.301. The maximum atomic E-state index is 12.6. The van der Waals surface area contributed by atoms with Crippen LogP contribution in [0.25, 0.3) is 0 Å². The molecule has 0 aliphatic rings. The number of rotatable bonds is 4. The summed E-state index contributed by atoms with van der Waals surface area (Å²) in [6.07, 6.45) is -2.45. The van der Waals surface area contributed by atoms with Crippen molar-refractivity contribution in [3.05, 3.63) is 41.5 Å². The van der Waals surface area contributed by atoms with Crippen molar-refractivity contribution < 1.29 is 13.2 Å². The topological polar surface area (TPSA) is 34.8 Å². The highest BCUT2D eigenvalue weighted by molar-refractivity contribution is 5.13. The standard InChI is InChI=1S/C12H15F3N4/c1-18-5-3-4-10(18)8-16-7-9-6-11(12(13,14)15)19(2)17-9/h3-6,16H,7-8H2,1-2H3. The second-order valence-electron chi connectivity index (χ2n) is 4.36. The first-order chi connectivity index (χ1) is 8.88. The second kappa shape index (κ2) is 5.08. The van der Waals surface area contributed by atoms with Gasteiger partial charge in [0.1, 0.15) is 5.69 Å². The van der Waals surface area contributed by atoms with Crippen LogP contribution in [0.15, 0.2) is 24.4 Å². The van der Waals surface area contributed by atoms with Crippen LogP contribution < -0.4 is 5.32 Å². The summed E-state index contributed by atoms with van der Waals surface area (Å²) in [4.78, 5) is 0. The maximum Gasteiger partial charge on any atom is 0.433 e. The van der Waals surface area contributed by atoms with Crippen molar-refractivity contribution in [3.8, 4) is 0 Å². The number of aromatic nitrogens is 3. The largest absolute Gasteiger partial charge is 0.433 e. The third-order valence-electron chi connectivity index (χ3n) is 2.88. The fourth-order valence-corrected chi connectivity index (χ4v) is 1.88. The molecule has 0 aliphatic carbocycles. The third kappa shape index (κ3) is 3.17. The van der Waals surface area contributed by atoms with Crippen molar-refractivity contribution in [2.75, 3.05) is 0 Å². The lowest BCUT2D eigenvalue weighted by Crippen LogP contribution is -2.15. The van der Waals surface area contributed by atoms with E-state index in [-0.39, 0.29) is 0 Å². The van der Waals surface area contributed by atoms with Crippen LogP contribution in [0.2, 0.25) is 0 Å². The molecule has 0 atom stereocenters. The summed E-state index contributed by atoms with van der Waals surface area (Å²) in [5, 5.41) is 6.92. The van der Waals surface area contributed by atoms with Gasteiger partial charge in [0.25, 0.3) is 0 Å². The number of hydrogen-bond donors (Lipinski definition) is 1. The van der Waals surface area contributed by atoms with Crippen LogP contribution in [0.1, 0.15) is 17.1 Å². The van der Waals surface area contributed by atoms with Crippen molar-refractivity contribution in [2.24, 2.45) is 14.1 Å². The number of aryl methyl sites for hydroxylation is 2. The molecule has 0 bridgehead atoms. The first-order valence-electron chi connectivity index (χ1n) is 5.79. The zero-order chi connectivity index (χ0) is 14.0. The van der Waals surface area contributed by atoms with Gasteiger partial charge in [0.05, 0.1) is 5.69 Å². The molecule has 0 unspecified atom stereocenters. The number of hydrogen-bond acceptors (Lipinski definition) is 2. The highest BCUT2D eigenvalue weighted by Gasteiger charge is 2.34. The molecule has 2 aromatic heterocycles. The molecule has 2 aromatic rings. The van der Waals surface area contributed by atoms with E-state index in [1.807, 2.05) is 29.9 Å². The van der Waals surface area contributed by atoms with Gasteiger partial charge in [0.15, 0.2) is 0 Å². The Balaban J connectivity index is 1.96. The maximum absolute atomic E-state index is 12.6. The monoisotopic (exact) mass is 272 g/mol. The molecular formula is C12H15F3N4. The lowest BCUT2D eigenvalue weighted by molar-refractivity contribution is -0.143. The van der Waals surface area contributed by atoms with Gasteiger partial charge >= 0.3 is 6.18 Å². The average molecular weight is 272 g/mol. The van der Waals surface area contributed by atoms with Crippen LogP contribution in [0, 0.1) is 0 Å². The van der Waals surface area contributed by atoms with E-state index in [4.69, 9.17) is 0 Å². The number of nitrogens with zero attached hydrogens (tertiary/aromatic N) is 3. The molecule has 0 radical (unpaired) electrons. The van der Waals surface area contributed by atoms with Gasteiger partial charge in [-0.15, -0.1) is 0 Å². The van der Waals surface area contributed by atoms with Crippen molar-refractivity contribution in [2.45, 2.75) is 19.3 Å². The molecule has 2 heterocycles. The molecular weight excluding hydrogens is 257 g/mol. The van der Waals surface area contributed by atoms with E-state index in [0.29, 0.717) is 18.8 Å². The molecule has 0 spiro atoms. The molecule has 0 saturated heterocycles. The van der Waals surface area contributed by atoms with E-state index in [9.17, 15) is 13.2 Å². The van der Waals surface area contributed by atoms with Crippen molar-refractivity contribution in [3.63, 3.8) is 0 Å². The van der Waals surface area contributed by atoms with Gasteiger partial charge in [-0.25, -0.2) is 0 Å². The van der Waals surface area contributed by atoms with Crippen LogP contribution in [0.3, 0.4) is 0 Å². The second-order valence-corrected chi connectivity index (χ2v) is 4.36. The van der Waals surface area contributed by atoms with Crippen LogP contribution in [0.5, 0.6) is 0 Å². The third-order valence-corrected chi connectivity index (χ3v) is 2.88. The van der Waals surface area contributed by atoms with Crippen LogP contribution in [0.4, 0.5) is 13.2 Å². The minimum Gasteiger partial charge on any atom is -0.353 e. The van der Waals surface area contributed by atoms with Gasteiger partial charge in [-0.05, 0) is 18.2 Å². The van der Waals surface area contributed by atoms with E-state index in [1.165, 1.54) is 7.05 Å². The number of nitrogens with one attached hydrogen (secondary N) is 1. The van der Waals surface area contributed by atoms with Crippen LogP contribution in [-0.2, 0) is 33.4 Å². The highest BCUT2D eigenvalue weighted by Crippen LogP contribution is 2.29. The van der Waals surface area contributed by atoms with Crippen molar-refractivity contribution >= 4 is 0 Å². The fourth-order valence-electron chi connectivity index (χ4n) is 1.88. The Kier molecular flexibility index (Phi) is 3.66. The molecule has 0 amide bonds. The van der Waals surface area contributed by atoms with E-state index in [1.54, 1.807) is 0 Å². The molecule has 1 N–H and O–H groups in total. The zero-order valence-electron chi connectivity index (χ0n) is 10.7. The predicted octanol–water partition coefficient (Wildman–Crippen LogP) is 2.07. The minimum atomic E-state index is -4.36. The molecule has 0 saturated carbocycles. The Bertz CT molecular complexity index is 554. The van der Waals surface area contributed by atoms with Crippen molar-refractivity contribution in [1.82, 2.24) is 19.7 Å². The first kappa shape index (κ1) is 13.7. The Morgan fingerprint density at radius 2 is 2.00 bits per heavy atom. The van der Waals surface area contributed by atoms with Crippen LogP contribution in [-0.4, -0.2) is 14.3 Å². The van der Waals surface area contributed by atoms with E-state index in [0.717, 1.165) is 16.4 Å². The summed E-state index contributed by atoms with van der Waals surface area (Å²) < 4.78 is 40.5. The molecule has 104 valence electrons. The Morgan fingerprint density at radius 3 is 2.53 bits per heavy atom. The van der Waals surface area contributed by atoms with E-state index >= 15 is 0 Å². The van der Waals surface area contributed by atoms with Gasteiger partial charge < -0.3 is 9.88 Å². The first-order valence-corrected chi connectivity index (χ1v) is 5.79. The summed E-state index contributed by atoms with van der Waals surface area (Å²) in [7, 11) is 3.21. The quantitative estimate of drug-likeness (QED) is 0.924. The lowest BCUT2D eigenvalue weighted by Gasteiger charge is -2.04. The smallest absolute Gasteiger partial charge is 0.353 e. The summed E-state index contributed by atoms with van der Waals surface area (Å²) in [5.41, 5.74) is 0.708. The fraction of sp³-hybridized carbons (Fsp3) is 0.417. The predicted molar refractivity (Wildman–Crippen MR) is 64.2 cm³/mol. The van der Waals surface area contributed by atoms with Crippen molar-refractivity contribution in [1.29, 1.82) is 0 Å². The van der Waals surface area contributed by atoms with Crippen LogP contribution >= 0.6 is 0 Å².